The molecule has 1 aromatic rings. The fourth-order valence-electron chi connectivity index (χ4n) is 2.78. The Morgan fingerprint density at radius 2 is 2.00 bits per heavy atom. The van der Waals surface area contributed by atoms with E-state index in [1.165, 1.54) is 0 Å². The van der Waals surface area contributed by atoms with Crippen molar-refractivity contribution in [2.24, 2.45) is 11.7 Å². The molecule has 1 aliphatic carbocycles. The van der Waals surface area contributed by atoms with E-state index in [1.54, 1.807) is 0 Å². The quantitative estimate of drug-likeness (QED) is 0.754. The third kappa shape index (κ3) is 5.19. The Labute approximate surface area is 137 Å². The molecule has 6 nitrogen and oxygen atoms in total. The van der Waals surface area contributed by atoms with Crippen LogP contribution >= 0.6 is 12.4 Å². The van der Waals surface area contributed by atoms with Crippen molar-refractivity contribution in [1.82, 2.24) is 15.3 Å². The molecule has 1 saturated carbocycles. The van der Waals surface area contributed by atoms with Gasteiger partial charge >= 0.3 is 0 Å². The van der Waals surface area contributed by atoms with Crippen molar-refractivity contribution in [2.75, 3.05) is 6.54 Å². The number of hydrogen-bond donors (Lipinski definition) is 3. The molecule has 7 heteroatoms. The van der Waals surface area contributed by atoms with Crippen LogP contribution in [0.3, 0.4) is 0 Å². The monoisotopic (exact) mass is 328 g/mol. The van der Waals surface area contributed by atoms with Crippen molar-refractivity contribution in [3.05, 3.63) is 23.3 Å². The molecule has 0 bridgehead atoms. The van der Waals surface area contributed by atoms with Crippen molar-refractivity contribution in [2.45, 2.75) is 51.7 Å². The summed E-state index contributed by atoms with van der Waals surface area (Å²) in [5.41, 5.74) is 7.69. The van der Waals surface area contributed by atoms with Gasteiger partial charge in [-0.15, -0.1) is 12.4 Å². The lowest BCUT2D eigenvalue weighted by atomic mass is 9.83. The number of carbonyl (C=O) groups is 1. The molecule has 1 fully saturated rings. The molecular formula is C15H25ClN4O2. The van der Waals surface area contributed by atoms with E-state index < -0.39 is 6.10 Å². The maximum absolute atomic E-state index is 12.1. The van der Waals surface area contributed by atoms with Crippen LogP contribution in [0.25, 0.3) is 0 Å². The smallest absolute Gasteiger partial charge is 0.223 e. The number of aliphatic hydroxyl groups is 1. The SMILES string of the molecule is Cc1cc(C)nc(CCNC(=O)[C@H]2CC[C@@H](O)[C@H](N)C2)n1.Cl. The van der Waals surface area contributed by atoms with Gasteiger partial charge < -0.3 is 16.2 Å². The minimum absolute atomic E-state index is 0. The van der Waals surface area contributed by atoms with Gasteiger partial charge in [-0.2, -0.15) is 0 Å². The Bertz CT molecular complexity index is 492. The highest BCUT2D eigenvalue weighted by Gasteiger charge is 2.30. The number of hydrogen-bond acceptors (Lipinski definition) is 5. The summed E-state index contributed by atoms with van der Waals surface area (Å²) in [7, 11) is 0. The maximum atomic E-state index is 12.1. The zero-order valence-electron chi connectivity index (χ0n) is 13.1. The minimum atomic E-state index is -0.474. The number of carbonyl (C=O) groups excluding carboxylic acids is 1. The van der Waals surface area contributed by atoms with Crippen LogP contribution < -0.4 is 11.1 Å². The minimum Gasteiger partial charge on any atom is -0.392 e. The molecular weight excluding hydrogens is 304 g/mol. The van der Waals surface area contributed by atoms with E-state index in [0.29, 0.717) is 32.2 Å². The van der Waals surface area contributed by atoms with Gasteiger partial charge in [0.25, 0.3) is 0 Å². The molecule has 2 rings (SSSR count). The first-order chi connectivity index (χ1) is 9.95. The fourth-order valence-corrected chi connectivity index (χ4v) is 2.78. The second-order valence-electron chi connectivity index (χ2n) is 5.85. The van der Waals surface area contributed by atoms with E-state index in [2.05, 4.69) is 15.3 Å². The zero-order chi connectivity index (χ0) is 15.4. The Morgan fingerprint density at radius 3 is 2.59 bits per heavy atom. The Hall–Kier alpha value is -1.24. The molecule has 1 heterocycles. The predicted octanol–water partition coefficient (Wildman–Crippen LogP) is 0.662. The molecule has 0 unspecified atom stereocenters. The normalized spacial score (nSPS) is 24.5. The highest BCUT2D eigenvalue weighted by molar-refractivity contribution is 5.85. The van der Waals surface area contributed by atoms with Crippen molar-refractivity contribution in [3.63, 3.8) is 0 Å². The van der Waals surface area contributed by atoms with Gasteiger partial charge in [0.15, 0.2) is 0 Å². The lowest BCUT2D eigenvalue weighted by molar-refractivity contribution is -0.126. The zero-order valence-corrected chi connectivity index (χ0v) is 13.9. The van der Waals surface area contributed by atoms with Crippen LogP contribution in [-0.2, 0) is 11.2 Å². The summed E-state index contributed by atoms with van der Waals surface area (Å²) in [5.74, 6) is 0.675. The summed E-state index contributed by atoms with van der Waals surface area (Å²) >= 11 is 0. The summed E-state index contributed by atoms with van der Waals surface area (Å²) < 4.78 is 0. The first-order valence-electron chi connectivity index (χ1n) is 7.48. The number of amides is 1. The number of halogens is 1. The van der Waals surface area contributed by atoms with Crippen molar-refractivity contribution >= 4 is 18.3 Å². The van der Waals surface area contributed by atoms with E-state index in [1.807, 2.05) is 19.9 Å². The van der Waals surface area contributed by atoms with Crippen molar-refractivity contribution < 1.29 is 9.90 Å². The largest absolute Gasteiger partial charge is 0.392 e. The Morgan fingerprint density at radius 1 is 1.36 bits per heavy atom. The number of nitrogens with two attached hydrogens (primary N) is 1. The molecule has 124 valence electrons. The molecule has 0 aliphatic heterocycles. The first kappa shape index (κ1) is 18.8. The van der Waals surface area contributed by atoms with Crippen LogP contribution in [0.5, 0.6) is 0 Å². The van der Waals surface area contributed by atoms with E-state index in [4.69, 9.17) is 5.73 Å². The van der Waals surface area contributed by atoms with E-state index >= 15 is 0 Å². The standard InChI is InChI=1S/C15H24N4O2.ClH/c1-9-7-10(2)19-14(18-9)5-6-17-15(21)11-3-4-13(20)12(16)8-11;/h7,11-13,20H,3-6,8,16H2,1-2H3,(H,17,21);1H/t11-,12+,13+;/m0./s1. The van der Waals surface area contributed by atoms with Crippen molar-refractivity contribution in [3.8, 4) is 0 Å². The lowest BCUT2D eigenvalue weighted by Crippen LogP contribution is -2.45. The van der Waals surface area contributed by atoms with E-state index in [0.717, 1.165) is 17.2 Å². The number of nitrogens with one attached hydrogen (secondary N) is 1. The van der Waals surface area contributed by atoms with Gasteiger partial charge in [0.2, 0.25) is 5.91 Å². The third-order valence-corrected chi connectivity index (χ3v) is 3.91. The molecule has 22 heavy (non-hydrogen) atoms. The number of rotatable bonds is 4. The molecule has 0 spiro atoms. The van der Waals surface area contributed by atoms with Crippen molar-refractivity contribution in [1.29, 1.82) is 0 Å². The summed E-state index contributed by atoms with van der Waals surface area (Å²) in [6.07, 6.45) is 1.99. The third-order valence-electron chi connectivity index (χ3n) is 3.91. The van der Waals surface area contributed by atoms with Gasteiger partial charge in [0.1, 0.15) is 5.82 Å². The van der Waals surface area contributed by atoms with Gasteiger partial charge in [-0.1, -0.05) is 0 Å². The molecule has 0 aromatic carbocycles. The number of aryl methyl sites for hydroxylation is 2. The summed E-state index contributed by atoms with van der Waals surface area (Å²) in [4.78, 5) is 20.8. The Balaban J connectivity index is 0.00000242. The van der Waals surface area contributed by atoms with Crippen LogP contribution in [0.4, 0.5) is 0 Å². The van der Waals surface area contributed by atoms with Gasteiger partial charge in [-0.3, -0.25) is 4.79 Å². The molecule has 1 aliphatic rings. The van der Waals surface area contributed by atoms with E-state index in [9.17, 15) is 9.90 Å². The second-order valence-corrected chi connectivity index (χ2v) is 5.85. The molecule has 4 N–H and O–H groups in total. The van der Waals surface area contributed by atoms with Crippen LogP contribution in [0.15, 0.2) is 6.07 Å². The maximum Gasteiger partial charge on any atom is 0.223 e. The number of aromatic nitrogens is 2. The van der Waals surface area contributed by atoms with Crippen LogP contribution in [0.2, 0.25) is 0 Å². The lowest BCUT2D eigenvalue weighted by Gasteiger charge is -2.29. The fraction of sp³-hybridized carbons (Fsp3) is 0.667. The van der Waals surface area contributed by atoms with Gasteiger partial charge in [0.05, 0.1) is 6.10 Å². The number of aliphatic hydroxyl groups excluding tert-OH is 1. The molecule has 3 atom stereocenters. The summed E-state index contributed by atoms with van der Waals surface area (Å²) in [6.45, 7) is 4.40. The van der Waals surface area contributed by atoms with Gasteiger partial charge in [-0.25, -0.2) is 9.97 Å². The molecule has 1 aromatic heterocycles. The van der Waals surface area contributed by atoms with Gasteiger partial charge in [0, 0.05) is 36.3 Å². The second kappa shape index (κ2) is 8.41. The highest BCUT2D eigenvalue weighted by Crippen LogP contribution is 2.23. The molecule has 0 saturated heterocycles. The summed E-state index contributed by atoms with van der Waals surface area (Å²) in [5, 5.41) is 12.5. The molecule has 0 radical (unpaired) electrons. The first-order valence-corrected chi connectivity index (χ1v) is 7.48. The van der Waals surface area contributed by atoms with Crippen LogP contribution in [0, 0.1) is 19.8 Å². The Kier molecular flexibility index (Phi) is 7.19. The number of nitrogens with zero attached hydrogens (tertiary/aromatic N) is 2. The van der Waals surface area contributed by atoms with Crippen LogP contribution in [0.1, 0.15) is 36.5 Å². The highest BCUT2D eigenvalue weighted by atomic mass is 35.5. The van der Waals surface area contributed by atoms with Gasteiger partial charge in [-0.05, 0) is 39.2 Å². The summed E-state index contributed by atoms with van der Waals surface area (Å²) in [6, 6.07) is 1.63. The molecule has 1 amide bonds. The topological polar surface area (TPSA) is 101 Å². The predicted molar refractivity (Wildman–Crippen MR) is 86.8 cm³/mol. The average Bonchev–Trinajstić information content (AvgIpc) is 2.40. The average molecular weight is 329 g/mol. The van der Waals surface area contributed by atoms with E-state index in [-0.39, 0.29) is 30.3 Å². The van der Waals surface area contributed by atoms with Crippen LogP contribution in [-0.4, -0.2) is 39.7 Å².